The second kappa shape index (κ2) is 4.98. The van der Waals surface area contributed by atoms with Gasteiger partial charge in [0, 0.05) is 0 Å². The fourth-order valence-electron chi connectivity index (χ4n) is 0.827. The Bertz CT molecular complexity index is 225. The highest BCUT2D eigenvalue weighted by molar-refractivity contribution is 5.85. The lowest BCUT2D eigenvalue weighted by molar-refractivity contribution is 0.268. The Morgan fingerprint density at radius 3 is 2.17 bits per heavy atom. The summed E-state index contributed by atoms with van der Waals surface area (Å²) in [6, 6.07) is 6.12. The maximum absolute atomic E-state index is 8.91. The molecule has 3 nitrogen and oxygen atoms in total. The van der Waals surface area contributed by atoms with Crippen molar-refractivity contribution in [1.82, 2.24) is 0 Å². The third-order valence-electron chi connectivity index (χ3n) is 1.52. The summed E-state index contributed by atoms with van der Waals surface area (Å²) in [5.41, 5.74) is 6.34. The minimum Gasteiger partial charge on any atom is -0.508 e. The molecule has 0 aromatic heterocycles. The van der Waals surface area contributed by atoms with E-state index in [1.54, 1.807) is 24.3 Å². The van der Waals surface area contributed by atoms with Crippen LogP contribution >= 0.6 is 12.4 Å². The van der Waals surface area contributed by atoms with Gasteiger partial charge in [-0.25, -0.2) is 0 Å². The smallest absolute Gasteiger partial charge is 0.115 e. The number of halogens is 1. The molecule has 0 unspecified atom stereocenters. The van der Waals surface area contributed by atoms with E-state index in [1.165, 1.54) is 0 Å². The zero-order valence-electron chi connectivity index (χ0n) is 6.47. The predicted molar refractivity (Wildman–Crippen MR) is 49.4 cm³/mol. The van der Waals surface area contributed by atoms with Crippen molar-refractivity contribution in [3.05, 3.63) is 29.8 Å². The SMILES string of the molecule is Cl.N[C@@H](CO)c1ccc(O)cc1. The third kappa shape index (κ3) is 2.70. The number of aromatic hydroxyl groups is 1. The average molecular weight is 190 g/mol. The topological polar surface area (TPSA) is 66.5 Å². The molecule has 4 N–H and O–H groups in total. The second-order valence-electron chi connectivity index (χ2n) is 2.38. The van der Waals surface area contributed by atoms with Crippen LogP contribution in [0.4, 0.5) is 0 Å². The summed E-state index contributed by atoms with van der Waals surface area (Å²) in [7, 11) is 0. The number of rotatable bonds is 2. The summed E-state index contributed by atoms with van der Waals surface area (Å²) in [5, 5.41) is 17.6. The van der Waals surface area contributed by atoms with Gasteiger partial charge in [0.1, 0.15) is 5.75 Å². The zero-order valence-corrected chi connectivity index (χ0v) is 7.29. The Hall–Kier alpha value is -0.770. The molecule has 0 amide bonds. The lowest BCUT2D eigenvalue weighted by Gasteiger charge is -2.07. The van der Waals surface area contributed by atoms with E-state index in [2.05, 4.69) is 0 Å². The molecule has 12 heavy (non-hydrogen) atoms. The van der Waals surface area contributed by atoms with Gasteiger partial charge >= 0.3 is 0 Å². The average Bonchev–Trinajstić information content (AvgIpc) is 2.05. The van der Waals surface area contributed by atoms with Crippen molar-refractivity contribution in [2.45, 2.75) is 6.04 Å². The largest absolute Gasteiger partial charge is 0.508 e. The summed E-state index contributed by atoms with van der Waals surface area (Å²) in [6.45, 7) is -0.0786. The third-order valence-corrected chi connectivity index (χ3v) is 1.52. The van der Waals surface area contributed by atoms with Crippen LogP contribution in [0.3, 0.4) is 0 Å². The first-order valence-corrected chi connectivity index (χ1v) is 3.39. The molecule has 4 heteroatoms. The minimum absolute atomic E-state index is 0. The number of aliphatic hydroxyl groups excluding tert-OH is 1. The Morgan fingerprint density at radius 2 is 1.75 bits per heavy atom. The molecule has 0 saturated heterocycles. The van der Waals surface area contributed by atoms with Gasteiger partial charge in [0.2, 0.25) is 0 Å². The summed E-state index contributed by atoms with van der Waals surface area (Å²) in [6.07, 6.45) is 0. The van der Waals surface area contributed by atoms with E-state index in [-0.39, 0.29) is 30.8 Å². The van der Waals surface area contributed by atoms with Crippen LogP contribution in [-0.4, -0.2) is 16.8 Å². The molecule has 1 atom stereocenters. The maximum atomic E-state index is 8.91. The number of aliphatic hydroxyl groups is 1. The Labute approximate surface area is 77.2 Å². The van der Waals surface area contributed by atoms with Crippen LogP contribution in [0.25, 0.3) is 0 Å². The van der Waals surface area contributed by atoms with Crippen LogP contribution < -0.4 is 5.73 Å². The van der Waals surface area contributed by atoms with Gasteiger partial charge in [-0.1, -0.05) is 12.1 Å². The lowest BCUT2D eigenvalue weighted by atomic mass is 10.1. The number of phenols is 1. The van der Waals surface area contributed by atoms with Crippen LogP contribution in [-0.2, 0) is 0 Å². The van der Waals surface area contributed by atoms with Crippen LogP contribution in [0.5, 0.6) is 5.75 Å². The van der Waals surface area contributed by atoms with E-state index in [0.717, 1.165) is 5.56 Å². The number of nitrogens with two attached hydrogens (primary N) is 1. The summed E-state index contributed by atoms with van der Waals surface area (Å²) >= 11 is 0. The van der Waals surface area contributed by atoms with Gasteiger partial charge in [-0.2, -0.15) is 0 Å². The molecule has 0 fully saturated rings. The van der Waals surface area contributed by atoms with Gasteiger partial charge in [-0.05, 0) is 17.7 Å². The Balaban J connectivity index is 0.00000121. The molecule has 1 aromatic rings. The molecule has 1 rings (SSSR count). The van der Waals surface area contributed by atoms with Crippen LogP contribution in [0, 0.1) is 0 Å². The molecular formula is C8H12ClNO2. The standard InChI is InChI=1S/C8H11NO2.ClH/c9-8(5-10)6-1-3-7(11)4-2-6;/h1-4,8,10-11H,5,9H2;1H/t8-;/m0./s1. The summed E-state index contributed by atoms with van der Waals surface area (Å²) in [4.78, 5) is 0. The number of hydrogen-bond acceptors (Lipinski definition) is 3. The number of phenolic OH excluding ortho intramolecular Hbond substituents is 1. The van der Waals surface area contributed by atoms with Crippen molar-refractivity contribution in [2.24, 2.45) is 5.73 Å². The number of benzene rings is 1. The molecule has 0 aliphatic carbocycles. The van der Waals surface area contributed by atoms with Crippen molar-refractivity contribution >= 4 is 12.4 Å². The summed E-state index contributed by atoms with van der Waals surface area (Å²) < 4.78 is 0. The summed E-state index contributed by atoms with van der Waals surface area (Å²) in [5.74, 6) is 0.207. The van der Waals surface area contributed by atoms with Gasteiger partial charge in [0.25, 0.3) is 0 Å². The van der Waals surface area contributed by atoms with E-state index >= 15 is 0 Å². The minimum atomic E-state index is -0.351. The maximum Gasteiger partial charge on any atom is 0.115 e. The molecule has 0 saturated carbocycles. The predicted octanol–water partition coefficient (Wildman–Crippen LogP) is 0.806. The van der Waals surface area contributed by atoms with Gasteiger partial charge in [0.05, 0.1) is 12.6 Å². The zero-order chi connectivity index (χ0) is 8.27. The Kier molecular flexibility index (Phi) is 4.66. The normalized spacial score (nSPS) is 11.8. The van der Waals surface area contributed by atoms with E-state index in [1.807, 2.05) is 0 Å². The van der Waals surface area contributed by atoms with Gasteiger partial charge < -0.3 is 15.9 Å². The first-order valence-electron chi connectivity index (χ1n) is 3.39. The van der Waals surface area contributed by atoms with E-state index in [0.29, 0.717) is 0 Å². The second-order valence-corrected chi connectivity index (χ2v) is 2.38. The molecule has 1 aromatic carbocycles. The van der Waals surface area contributed by atoms with Crippen molar-refractivity contribution < 1.29 is 10.2 Å². The van der Waals surface area contributed by atoms with Crippen molar-refractivity contribution in [3.63, 3.8) is 0 Å². The highest BCUT2D eigenvalue weighted by atomic mass is 35.5. The van der Waals surface area contributed by atoms with Gasteiger partial charge in [-0.15, -0.1) is 12.4 Å². The molecule has 0 bridgehead atoms. The van der Waals surface area contributed by atoms with E-state index in [9.17, 15) is 0 Å². The number of hydrogen-bond donors (Lipinski definition) is 3. The quantitative estimate of drug-likeness (QED) is 0.645. The fraction of sp³-hybridized carbons (Fsp3) is 0.250. The highest BCUT2D eigenvalue weighted by Crippen LogP contribution is 2.14. The molecule has 0 aliphatic rings. The highest BCUT2D eigenvalue weighted by Gasteiger charge is 2.02. The molecule has 0 radical (unpaired) electrons. The first kappa shape index (κ1) is 11.2. The monoisotopic (exact) mass is 189 g/mol. The molecular weight excluding hydrogens is 178 g/mol. The van der Waals surface area contributed by atoms with Crippen molar-refractivity contribution in [2.75, 3.05) is 6.61 Å². The Morgan fingerprint density at radius 1 is 1.25 bits per heavy atom. The molecule has 0 heterocycles. The van der Waals surface area contributed by atoms with Crippen molar-refractivity contribution in [3.8, 4) is 5.75 Å². The molecule has 0 aliphatic heterocycles. The van der Waals surface area contributed by atoms with Crippen LogP contribution in [0.15, 0.2) is 24.3 Å². The van der Waals surface area contributed by atoms with Crippen LogP contribution in [0.1, 0.15) is 11.6 Å². The van der Waals surface area contributed by atoms with Crippen molar-refractivity contribution in [1.29, 1.82) is 0 Å². The molecule has 68 valence electrons. The van der Waals surface area contributed by atoms with E-state index < -0.39 is 0 Å². The van der Waals surface area contributed by atoms with Crippen LogP contribution in [0.2, 0.25) is 0 Å². The lowest BCUT2D eigenvalue weighted by Crippen LogP contribution is -2.13. The fourth-order valence-corrected chi connectivity index (χ4v) is 0.827. The van der Waals surface area contributed by atoms with Gasteiger partial charge in [0.15, 0.2) is 0 Å². The van der Waals surface area contributed by atoms with Gasteiger partial charge in [-0.3, -0.25) is 0 Å². The first-order chi connectivity index (χ1) is 5.24. The molecule has 0 spiro atoms. The van der Waals surface area contributed by atoms with E-state index in [4.69, 9.17) is 15.9 Å².